The third-order valence-electron chi connectivity index (χ3n) is 5.30. The van der Waals surface area contributed by atoms with Gasteiger partial charge in [-0.1, -0.05) is 6.07 Å². The molecule has 1 amide bonds. The van der Waals surface area contributed by atoms with Crippen LogP contribution >= 0.6 is 12.4 Å². The molecule has 0 saturated carbocycles. The molecule has 182 valence electrons. The lowest BCUT2D eigenvalue weighted by Crippen LogP contribution is -2.41. The predicted octanol–water partition coefficient (Wildman–Crippen LogP) is 2.99. The van der Waals surface area contributed by atoms with E-state index in [0.29, 0.717) is 44.1 Å². The summed E-state index contributed by atoms with van der Waals surface area (Å²) in [5.74, 6) is -2.37. The number of sulfonamides is 1. The van der Waals surface area contributed by atoms with Gasteiger partial charge in [0.05, 0.1) is 19.0 Å². The van der Waals surface area contributed by atoms with Gasteiger partial charge in [0.2, 0.25) is 10.0 Å². The SMILES string of the molecule is CCS(=O)(=O)Nc1ccc(C(=O)NCC(CN2CCOCC2)c2c(F)cccc2F)cc1.Cl. The van der Waals surface area contributed by atoms with Gasteiger partial charge in [-0.25, -0.2) is 17.2 Å². The molecule has 3 rings (SSSR count). The minimum Gasteiger partial charge on any atom is -0.379 e. The summed E-state index contributed by atoms with van der Waals surface area (Å²) in [4.78, 5) is 14.7. The maximum Gasteiger partial charge on any atom is 0.251 e. The molecular weight excluding hydrogens is 476 g/mol. The van der Waals surface area contributed by atoms with Gasteiger partial charge in [-0.05, 0) is 43.3 Å². The van der Waals surface area contributed by atoms with E-state index in [1.165, 1.54) is 49.4 Å². The molecule has 2 N–H and O–H groups in total. The van der Waals surface area contributed by atoms with Crippen molar-refractivity contribution in [1.82, 2.24) is 10.2 Å². The summed E-state index contributed by atoms with van der Waals surface area (Å²) >= 11 is 0. The third-order valence-corrected chi connectivity index (χ3v) is 6.61. The average molecular weight is 504 g/mol. The fourth-order valence-corrected chi connectivity index (χ4v) is 4.15. The Labute approximate surface area is 199 Å². The van der Waals surface area contributed by atoms with E-state index in [1.807, 2.05) is 0 Å². The summed E-state index contributed by atoms with van der Waals surface area (Å²) in [6.45, 7) is 4.33. The van der Waals surface area contributed by atoms with Crippen molar-refractivity contribution in [2.75, 3.05) is 49.9 Å². The largest absolute Gasteiger partial charge is 0.379 e. The Morgan fingerprint density at radius 3 is 2.27 bits per heavy atom. The highest BCUT2D eigenvalue weighted by atomic mass is 35.5. The summed E-state index contributed by atoms with van der Waals surface area (Å²) in [7, 11) is -3.42. The van der Waals surface area contributed by atoms with Crippen LogP contribution in [0.5, 0.6) is 0 Å². The van der Waals surface area contributed by atoms with Crippen molar-refractivity contribution in [3.05, 3.63) is 65.2 Å². The van der Waals surface area contributed by atoms with Gasteiger partial charge in [-0.3, -0.25) is 14.4 Å². The van der Waals surface area contributed by atoms with E-state index in [4.69, 9.17) is 4.74 Å². The highest BCUT2D eigenvalue weighted by Gasteiger charge is 2.24. The molecule has 11 heteroatoms. The van der Waals surface area contributed by atoms with Crippen LogP contribution in [0.4, 0.5) is 14.5 Å². The molecule has 0 spiro atoms. The number of ether oxygens (including phenoxy) is 1. The van der Waals surface area contributed by atoms with Crippen molar-refractivity contribution in [2.45, 2.75) is 12.8 Å². The number of benzene rings is 2. The zero-order valence-electron chi connectivity index (χ0n) is 18.2. The van der Waals surface area contributed by atoms with Crippen LogP contribution in [-0.2, 0) is 14.8 Å². The first-order chi connectivity index (χ1) is 15.3. The first-order valence-corrected chi connectivity index (χ1v) is 12.1. The molecule has 1 aliphatic heterocycles. The topological polar surface area (TPSA) is 87.7 Å². The van der Waals surface area contributed by atoms with E-state index in [9.17, 15) is 22.0 Å². The van der Waals surface area contributed by atoms with E-state index < -0.39 is 33.5 Å². The smallest absolute Gasteiger partial charge is 0.251 e. The minimum absolute atomic E-state index is 0. The second-order valence-corrected chi connectivity index (χ2v) is 9.55. The number of hydrogen-bond acceptors (Lipinski definition) is 5. The number of amides is 1. The van der Waals surface area contributed by atoms with E-state index in [2.05, 4.69) is 14.9 Å². The van der Waals surface area contributed by atoms with Crippen molar-refractivity contribution in [2.24, 2.45) is 0 Å². The van der Waals surface area contributed by atoms with Crippen molar-refractivity contribution >= 4 is 34.0 Å². The van der Waals surface area contributed by atoms with Gasteiger partial charge < -0.3 is 10.1 Å². The first-order valence-electron chi connectivity index (χ1n) is 10.4. The van der Waals surface area contributed by atoms with Crippen LogP contribution < -0.4 is 10.0 Å². The van der Waals surface area contributed by atoms with E-state index in [1.54, 1.807) is 0 Å². The molecule has 0 aromatic heterocycles. The summed E-state index contributed by atoms with van der Waals surface area (Å²) in [5, 5.41) is 2.75. The lowest BCUT2D eigenvalue weighted by Gasteiger charge is -2.31. The summed E-state index contributed by atoms with van der Waals surface area (Å²) in [6, 6.07) is 9.69. The van der Waals surface area contributed by atoms with Crippen molar-refractivity contribution in [3.63, 3.8) is 0 Å². The molecule has 1 aliphatic rings. The zero-order chi connectivity index (χ0) is 23.1. The maximum absolute atomic E-state index is 14.5. The third kappa shape index (κ3) is 7.63. The fourth-order valence-electron chi connectivity index (χ4n) is 3.51. The van der Waals surface area contributed by atoms with E-state index in [-0.39, 0.29) is 30.3 Å². The number of halogens is 3. The van der Waals surface area contributed by atoms with Crippen LogP contribution in [0.1, 0.15) is 28.8 Å². The lowest BCUT2D eigenvalue weighted by atomic mass is 9.96. The molecule has 33 heavy (non-hydrogen) atoms. The predicted molar refractivity (Wildman–Crippen MR) is 125 cm³/mol. The normalized spacial score (nSPS) is 15.4. The molecule has 1 atom stereocenters. The molecule has 1 fully saturated rings. The number of rotatable bonds is 9. The quantitative estimate of drug-likeness (QED) is 0.549. The van der Waals surface area contributed by atoms with E-state index in [0.717, 1.165) is 0 Å². The average Bonchev–Trinajstić information content (AvgIpc) is 2.78. The Kier molecular flexibility index (Phi) is 10.0. The van der Waals surface area contributed by atoms with Gasteiger partial charge in [0, 0.05) is 48.9 Å². The Balaban J connectivity index is 0.00000385. The lowest BCUT2D eigenvalue weighted by molar-refractivity contribution is 0.0346. The summed E-state index contributed by atoms with van der Waals surface area (Å²) in [6.07, 6.45) is 0. The Morgan fingerprint density at radius 2 is 1.70 bits per heavy atom. The van der Waals surface area contributed by atoms with Crippen LogP contribution in [-0.4, -0.2) is 64.4 Å². The van der Waals surface area contributed by atoms with Gasteiger partial charge in [0.1, 0.15) is 11.6 Å². The van der Waals surface area contributed by atoms with Gasteiger partial charge in [0.25, 0.3) is 5.91 Å². The standard InChI is InChI=1S/C22H27F2N3O4S.ClH/c1-2-32(29,30)26-18-8-6-16(7-9-18)22(28)25-14-17(15-27-10-12-31-13-11-27)21-19(23)4-3-5-20(21)24;/h3-9,17,26H,2,10-15H2,1H3,(H,25,28);1H. The van der Waals surface area contributed by atoms with E-state index >= 15 is 0 Å². The van der Waals surface area contributed by atoms with Gasteiger partial charge in [0.15, 0.2) is 0 Å². The molecule has 1 unspecified atom stereocenters. The molecule has 0 aliphatic carbocycles. The molecule has 7 nitrogen and oxygen atoms in total. The second kappa shape index (κ2) is 12.3. The fraction of sp³-hybridized carbons (Fsp3) is 0.409. The second-order valence-electron chi connectivity index (χ2n) is 7.54. The van der Waals surface area contributed by atoms with Gasteiger partial charge >= 0.3 is 0 Å². The molecule has 0 bridgehead atoms. The van der Waals surface area contributed by atoms with Gasteiger partial charge in [-0.2, -0.15) is 0 Å². The van der Waals surface area contributed by atoms with Crippen LogP contribution in [0.3, 0.4) is 0 Å². The zero-order valence-corrected chi connectivity index (χ0v) is 19.9. The van der Waals surface area contributed by atoms with Crippen molar-refractivity contribution < 1.29 is 26.7 Å². The molecule has 2 aromatic rings. The number of carbonyl (C=O) groups is 1. The Hall–Kier alpha value is -2.27. The van der Waals surface area contributed by atoms with Crippen LogP contribution in [0.2, 0.25) is 0 Å². The number of carbonyl (C=O) groups excluding carboxylic acids is 1. The summed E-state index contributed by atoms with van der Waals surface area (Å²) in [5.41, 5.74) is 0.606. The number of anilines is 1. The van der Waals surface area contributed by atoms with Crippen LogP contribution in [0, 0.1) is 11.6 Å². The molecule has 0 radical (unpaired) electrons. The van der Waals surface area contributed by atoms with Crippen LogP contribution in [0.25, 0.3) is 0 Å². The summed E-state index contributed by atoms with van der Waals surface area (Å²) < 4.78 is 60.0. The minimum atomic E-state index is -3.42. The molecule has 2 aromatic carbocycles. The molecule has 1 heterocycles. The Bertz CT molecular complexity index is 1010. The van der Waals surface area contributed by atoms with Crippen molar-refractivity contribution in [1.29, 1.82) is 0 Å². The molecular formula is C22H28ClF2N3O4S. The maximum atomic E-state index is 14.5. The highest BCUT2D eigenvalue weighted by Crippen LogP contribution is 2.24. The number of nitrogens with one attached hydrogen (secondary N) is 2. The van der Waals surface area contributed by atoms with Crippen molar-refractivity contribution in [3.8, 4) is 0 Å². The monoisotopic (exact) mass is 503 g/mol. The number of morpholine rings is 1. The number of hydrogen-bond donors (Lipinski definition) is 2. The van der Waals surface area contributed by atoms with Gasteiger partial charge in [-0.15, -0.1) is 12.4 Å². The number of nitrogens with zero attached hydrogens (tertiary/aromatic N) is 1. The molecule has 1 saturated heterocycles. The first kappa shape index (κ1) is 27.0. The van der Waals surface area contributed by atoms with Crippen LogP contribution in [0.15, 0.2) is 42.5 Å². The Morgan fingerprint density at radius 1 is 1.09 bits per heavy atom. The highest BCUT2D eigenvalue weighted by molar-refractivity contribution is 7.92.